The number of hydrogen-bond acceptors (Lipinski definition) is 8. The highest BCUT2D eigenvalue weighted by atomic mass is 32.2. The number of carboxylic acid groups (broad SMARTS) is 4. The van der Waals surface area contributed by atoms with E-state index in [1.54, 1.807) is 0 Å². The lowest BCUT2D eigenvalue weighted by Gasteiger charge is -1.91. The van der Waals surface area contributed by atoms with Crippen LogP contribution in [0.25, 0.3) is 0 Å². The number of nitrogens with zero attached hydrogens (tertiary/aromatic N) is 1. The molecule has 15 heteroatoms. The van der Waals surface area contributed by atoms with Gasteiger partial charge in [-0.1, -0.05) is 0 Å². The van der Waals surface area contributed by atoms with Gasteiger partial charge in [0.15, 0.2) is 5.40 Å². The van der Waals surface area contributed by atoms with E-state index in [1.807, 2.05) is 0 Å². The second-order valence-electron chi connectivity index (χ2n) is 1.92. The van der Waals surface area contributed by atoms with E-state index < -0.39 is 31.8 Å². The van der Waals surface area contributed by atoms with Crippen LogP contribution >= 0.6 is 19.9 Å². The molecule has 20 heavy (non-hydrogen) atoms. The third-order valence-corrected chi connectivity index (χ3v) is 1.64. The summed E-state index contributed by atoms with van der Waals surface area (Å²) in [5.41, 5.74) is 0. The summed E-state index contributed by atoms with van der Waals surface area (Å²) < 4.78 is 24.1. The van der Waals surface area contributed by atoms with Crippen molar-refractivity contribution in [1.82, 2.24) is 0 Å². The second kappa shape index (κ2) is 11.9. The van der Waals surface area contributed by atoms with Crippen LogP contribution in [0.5, 0.6) is 0 Å². The first-order valence-electron chi connectivity index (χ1n) is 3.54. The van der Waals surface area contributed by atoms with Crippen LogP contribution in [0.2, 0.25) is 0 Å². The average Bonchev–Trinajstić information content (AvgIpc) is 2.26. The van der Waals surface area contributed by atoms with Crippen LogP contribution in [0.3, 0.4) is 0 Å². The van der Waals surface area contributed by atoms with Crippen molar-refractivity contribution in [2.24, 2.45) is 0 Å². The molecule has 0 saturated heterocycles. The van der Waals surface area contributed by atoms with Crippen LogP contribution in [0.1, 0.15) is 0 Å². The number of carbonyl (C=O) groups is 4. The fourth-order valence-corrected chi connectivity index (χ4v) is 0.564. The quantitative estimate of drug-likeness (QED) is 0.186. The minimum atomic E-state index is -4.94. The smallest absolute Gasteiger partial charge is 0.473 e. The van der Waals surface area contributed by atoms with Crippen molar-refractivity contribution in [2.45, 2.75) is 0 Å². The highest BCUT2D eigenvalue weighted by Crippen LogP contribution is 2.46. The number of aliphatic carboxylic acids is 4. The first-order valence-corrected chi connectivity index (χ1v) is 5.75. The van der Waals surface area contributed by atoms with Crippen molar-refractivity contribution in [1.29, 1.82) is 5.26 Å². The van der Waals surface area contributed by atoms with Crippen LogP contribution in [0, 0.1) is 10.7 Å². The van der Waals surface area contributed by atoms with Gasteiger partial charge in [0.05, 0.1) is 0 Å². The molecule has 1 unspecified atom stereocenters. The standard InChI is InChI=1S/2C2H2O4.CHFNO3PS/c2*3-1(4)2(5)6;2-7(4,5)6-8-1-3/h2*(H,3,4)(H,5,6);(H,4,5). The number of thiocyanates is 1. The molecule has 0 saturated carbocycles. The van der Waals surface area contributed by atoms with Crippen LogP contribution in [-0.2, 0) is 27.7 Å². The summed E-state index contributed by atoms with van der Waals surface area (Å²) in [7, 11) is -4.94. The first kappa shape index (κ1) is 22.9. The third-order valence-electron chi connectivity index (χ3n) is 0.532. The van der Waals surface area contributed by atoms with Gasteiger partial charge in [-0.15, -0.1) is 4.20 Å². The Morgan fingerprint density at radius 3 is 1.30 bits per heavy atom. The van der Waals surface area contributed by atoms with Gasteiger partial charge in [0.25, 0.3) is 0 Å². The number of halogens is 1. The predicted molar refractivity (Wildman–Crippen MR) is 55.8 cm³/mol. The maximum atomic E-state index is 11.3. The topological polar surface area (TPSA) is 220 Å². The SMILES string of the molecule is N#CSOP(=O)(O)F.O=C(O)C(=O)O.O=C(O)C(=O)O. The average molecular weight is 337 g/mol. The van der Waals surface area contributed by atoms with Crippen LogP contribution < -0.4 is 0 Å². The Labute approximate surface area is 112 Å². The van der Waals surface area contributed by atoms with Crippen molar-refractivity contribution < 1.29 is 57.2 Å². The van der Waals surface area contributed by atoms with E-state index in [4.69, 9.17) is 49.8 Å². The molecule has 0 aliphatic rings. The molecule has 0 aromatic carbocycles. The Morgan fingerprint density at radius 2 is 1.25 bits per heavy atom. The van der Waals surface area contributed by atoms with Crippen molar-refractivity contribution in [2.75, 3.05) is 0 Å². The summed E-state index contributed by atoms with van der Waals surface area (Å²) >= 11 is -0.0675. The molecule has 0 spiro atoms. The molecular formula is C5H5FNO11PS. The maximum absolute atomic E-state index is 11.3. The molecule has 0 bridgehead atoms. The van der Waals surface area contributed by atoms with Crippen LogP contribution in [0.4, 0.5) is 4.20 Å². The molecule has 5 N–H and O–H groups in total. The zero-order chi connectivity index (χ0) is 16.9. The van der Waals surface area contributed by atoms with Gasteiger partial charge in [0.1, 0.15) is 12.0 Å². The van der Waals surface area contributed by atoms with Gasteiger partial charge in [-0.05, 0) is 0 Å². The summed E-state index contributed by atoms with van der Waals surface area (Å²) in [6, 6.07) is 0. The number of carboxylic acids is 4. The summed E-state index contributed by atoms with van der Waals surface area (Å²) in [5.74, 6) is -7.30. The fourth-order valence-electron chi connectivity index (χ4n) is 0.0626. The highest BCUT2D eigenvalue weighted by molar-refractivity contribution is 8.02. The number of nitriles is 1. The monoisotopic (exact) mass is 337 g/mol. The van der Waals surface area contributed by atoms with Gasteiger partial charge in [0, 0.05) is 0 Å². The predicted octanol–water partition coefficient (Wildman–Crippen LogP) is -0.487. The molecule has 1 atom stereocenters. The third kappa shape index (κ3) is 29.7. The van der Waals surface area contributed by atoms with Crippen LogP contribution in [0.15, 0.2) is 0 Å². The van der Waals surface area contributed by atoms with Gasteiger partial charge in [-0.25, -0.2) is 23.7 Å². The lowest BCUT2D eigenvalue weighted by atomic mass is 10.7. The molecule has 0 fully saturated rings. The Kier molecular flexibility index (Phi) is 13.6. The molecule has 0 aliphatic heterocycles. The van der Waals surface area contributed by atoms with Gasteiger partial charge < -0.3 is 20.4 Å². The summed E-state index contributed by atoms with van der Waals surface area (Å²) in [6.07, 6.45) is 0. The number of hydrogen-bond donors (Lipinski definition) is 5. The van der Waals surface area contributed by atoms with E-state index in [9.17, 15) is 8.76 Å². The van der Waals surface area contributed by atoms with Crippen molar-refractivity contribution >= 4 is 43.8 Å². The van der Waals surface area contributed by atoms with Crippen molar-refractivity contribution in [3.05, 3.63) is 0 Å². The molecule has 12 nitrogen and oxygen atoms in total. The van der Waals surface area contributed by atoms with Crippen LogP contribution in [-0.4, -0.2) is 49.2 Å². The minimum Gasteiger partial charge on any atom is -0.473 e. The van der Waals surface area contributed by atoms with E-state index in [2.05, 4.69) is 3.97 Å². The van der Waals surface area contributed by atoms with Gasteiger partial charge in [-0.3, -0.25) is 4.89 Å². The molecule has 0 radical (unpaired) electrons. The summed E-state index contributed by atoms with van der Waals surface area (Å²) in [6.45, 7) is 0. The fraction of sp³-hybridized carbons (Fsp3) is 0. The molecule has 0 heterocycles. The van der Waals surface area contributed by atoms with Gasteiger partial charge in [0.2, 0.25) is 0 Å². The highest BCUT2D eigenvalue weighted by Gasteiger charge is 2.17. The molecule has 0 aromatic rings. The summed E-state index contributed by atoms with van der Waals surface area (Å²) in [4.78, 5) is 44.0. The molecule has 114 valence electrons. The van der Waals surface area contributed by atoms with E-state index in [0.717, 1.165) is 0 Å². The first-order chi connectivity index (χ1) is 8.85. The normalized spacial score (nSPS) is 11.1. The molecule has 0 aromatic heterocycles. The molecule has 0 amide bonds. The van der Waals surface area contributed by atoms with Gasteiger partial charge >= 0.3 is 31.8 Å². The molecule has 0 aliphatic carbocycles. The molecular weight excluding hydrogens is 332 g/mol. The van der Waals surface area contributed by atoms with Crippen molar-refractivity contribution in [3.8, 4) is 5.40 Å². The lowest BCUT2D eigenvalue weighted by molar-refractivity contribution is -0.159. The molecule has 0 rings (SSSR count). The Morgan fingerprint density at radius 1 is 1.00 bits per heavy atom. The second-order valence-corrected chi connectivity index (χ2v) is 3.77. The largest absolute Gasteiger partial charge is 0.522 e. The van der Waals surface area contributed by atoms with E-state index in [1.165, 1.54) is 5.40 Å². The van der Waals surface area contributed by atoms with E-state index >= 15 is 0 Å². The maximum Gasteiger partial charge on any atom is 0.522 e. The van der Waals surface area contributed by atoms with Gasteiger partial charge in [-0.2, -0.15) is 9.23 Å². The minimum absolute atomic E-state index is 0.0675. The van der Waals surface area contributed by atoms with E-state index in [-0.39, 0.29) is 12.0 Å². The zero-order valence-corrected chi connectivity index (χ0v) is 10.6. The Hall–Kier alpha value is -2.20. The summed E-state index contributed by atoms with van der Waals surface area (Å²) in [5, 5.41) is 38.4. The van der Waals surface area contributed by atoms with E-state index in [0.29, 0.717) is 0 Å². The Balaban J connectivity index is -0.000000221. The number of rotatable bonds is 2. The Bertz CT molecular complexity index is 404. The zero-order valence-electron chi connectivity index (χ0n) is 8.87. The lowest BCUT2D eigenvalue weighted by Crippen LogP contribution is -2.09. The van der Waals surface area contributed by atoms with Crippen molar-refractivity contribution in [3.63, 3.8) is 0 Å².